The van der Waals surface area contributed by atoms with E-state index in [1.165, 1.54) is 18.5 Å². The molecule has 1 unspecified atom stereocenters. The fourth-order valence-electron chi connectivity index (χ4n) is 4.23. The van der Waals surface area contributed by atoms with Crippen molar-refractivity contribution < 1.29 is 23.4 Å². The highest BCUT2D eigenvalue weighted by Crippen LogP contribution is 2.34. The average Bonchev–Trinajstić information content (AvgIpc) is 3.59. The van der Waals surface area contributed by atoms with Crippen molar-refractivity contribution in [1.82, 2.24) is 19.9 Å². The maximum Gasteiger partial charge on any atom is 0.246 e. The van der Waals surface area contributed by atoms with Crippen molar-refractivity contribution >= 4 is 40.0 Å². The Morgan fingerprint density at radius 2 is 2.19 bits per heavy atom. The van der Waals surface area contributed by atoms with Crippen molar-refractivity contribution in [2.75, 3.05) is 31.6 Å². The number of carbonyl (C=O) groups is 1. The van der Waals surface area contributed by atoms with Crippen LogP contribution in [0.2, 0.25) is 5.02 Å². The summed E-state index contributed by atoms with van der Waals surface area (Å²) >= 11 is 6.25. The number of ether oxygens (including phenoxy) is 3. The molecule has 1 N–H and O–H groups in total. The lowest BCUT2D eigenvalue weighted by Crippen LogP contribution is -2.29. The third kappa shape index (κ3) is 5.19. The van der Waals surface area contributed by atoms with Crippen molar-refractivity contribution in [3.63, 3.8) is 0 Å². The fourth-order valence-corrected chi connectivity index (χ4v) is 4.45. The standard InChI is InChI=1S/C25H25ClFN5O4/c1-2-21(33)32-10-9-15(12-32)36-20-8-6-18-24(31-20)25(29-14-28-18)30-17-5-7-19(22(26)23(17)27)35-13-16-4-3-11-34-16/h2,5-8,14-16H,1,3-4,9-13H2,(H,28,29,30)/t15-,16?/m0/s1. The quantitative estimate of drug-likeness (QED) is 0.445. The predicted molar refractivity (Wildman–Crippen MR) is 132 cm³/mol. The lowest BCUT2D eigenvalue weighted by molar-refractivity contribution is -0.125. The van der Waals surface area contributed by atoms with Gasteiger partial charge in [0.25, 0.3) is 0 Å². The van der Waals surface area contributed by atoms with Crippen molar-refractivity contribution in [2.45, 2.75) is 31.5 Å². The summed E-state index contributed by atoms with van der Waals surface area (Å²) in [6.45, 7) is 5.59. The maximum absolute atomic E-state index is 15.1. The van der Waals surface area contributed by atoms with Crippen LogP contribution in [0.3, 0.4) is 0 Å². The van der Waals surface area contributed by atoms with Crippen molar-refractivity contribution in [3.8, 4) is 11.6 Å². The molecule has 0 bridgehead atoms. The Kier molecular flexibility index (Phi) is 7.15. The number of pyridine rings is 1. The van der Waals surface area contributed by atoms with Crippen LogP contribution in [0.4, 0.5) is 15.9 Å². The second-order valence-corrected chi connectivity index (χ2v) is 8.94. The summed E-state index contributed by atoms with van der Waals surface area (Å²) in [5.74, 6) is 0.102. The van der Waals surface area contributed by atoms with E-state index in [9.17, 15) is 4.79 Å². The van der Waals surface area contributed by atoms with Gasteiger partial charge in [0, 0.05) is 25.6 Å². The lowest BCUT2D eigenvalue weighted by atomic mass is 10.2. The van der Waals surface area contributed by atoms with Gasteiger partial charge in [0.2, 0.25) is 11.8 Å². The number of hydrogen-bond donors (Lipinski definition) is 1. The number of halogens is 2. The largest absolute Gasteiger partial charge is 0.489 e. The number of fused-ring (bicyclic) bond motifs is 1. The number of nitrogens with zero attached hydrogens (tertiary/aromatic N) is 4. The summed E-state index contributed by atoms with van der Waals surface area (Å²) in [6.07, 6.45) is 5.03. The number of nitrogens with one attached hydrogen (secondary N) is 1. The summed E-state index contributed by atoms with van der Waals surface area (Å²) in [6, 6.07) is 6.58. The number of amides is 1. The molecular formula is C25H25ClFN5O4. The van der Waals surface area contributed by atoms with Crippen LogP contribution in [0.15, 0.2) is 43.2 Å². The van der Waals surface area contributed by atoms with Crippen molar-refractivity contribution in [1.29, 1.82) is 0 Å². The van der Waals surface area contributed by atoms with E-state index in [2.05, 4.69) is 26.8 Å². The minimum Gasteiger partial charge on any atom is -0.489 e. The number of carbonyl (C=O) groups excluding carboxylic acids is 1. The molecule has 2 fully saturated rings. The molecule has 9 nitrogen and oxygen atoms in total. The Hall–Kier alpha value is -3.50. The Labute approximate surface area is 212 Å². The molecule has 36 heavy (non-hydrogen) atoms. The molecule has 3 aromatic rings. The minimum atomic E-state index is -0.668. The van der Waals surface area contributed by atoms with Crippen LogP contribution in [0, 0.1) is 5.82 Å². The molecular weight excluding hydrogens is 489 g/mol. The van der Waals surface area contributed by atoms with Gasteiger partial charge in [0.15, 0.2) is 11.6 Å². The van der Waals surface area contributed by atoms with Gasteiger partial charge in [0.1, 0.15) is 35.3 Å². The summed E-state index contributed by atoms with van der Waals surface area (Å²) in [5.41, 5.74) is 1.07. The minimum absolute atomic E-state index is 0.00779. The van der Waals surface area contributed by atoms with Gasteiger partial charge in [-0.05, 0) is 37.1 Å². The molecule has 11 heteroatoms. The molecule has 1 amide bonds. The highest BCUT2D eigenvalue weighted by molar-refractivity contribution is 6.32. The molecule has 2 aliphatic rings. The summed E-state index contributed by atoms with van der Waals surface area (Å²) in [5, 5.41) is 2.83. The number of likely N-dealkylation sites (tertiary alicyclic amines) is 1. The van der Waals surface area contributed by atoms with Gasteiger partial charge in [-0.25, -0.2) is 19.3 Å². The first-order valence-electron chi connectivity index (χ1n) is 11.7. The lowest BCUT2D eigenvalue weighted by Gasteiger charge is -2.16. The van der Waals surface area contributed by atoms with E-state index >= 15 is 4.39 Å². The third-order valence-electron chi connectivity index (χ3n) is 6.12. The zero-order valence-electron chi connectivity index (χ0n) is 19.5. The fraction of sp³-hybridized carbons (Fsp3) is 0.360. The molecule has 2 saturated heterocycles. The monoisotopic (exact) mass is 513 g/mol. The molecule has 0 aliphatic carbocycles. The number of benzene rings is 1. The molecule has 5 rings (SSSR count). The van der Waals surface area contributed by atoms with Gasteiger partial charge in [-0.2, -0.15) is 0 Å². The van der Waals surface area contributed by atoms with Crippen LogP contribution in [0.25, 0.3) is 11.0 Å². The number of rotatable bonds is 8. The Morgan fingerprint density at radius 3 is 3.00 bits per heavy atom. The van der Waals surface area contributed by atoms with Crippen LogP contribution >= 0.6 is 11.6 Å². The molecule has 2 atom stereocenters. The summed E-state index contributed by atoms with van der Waals surface area (Å²) in [4.78, 5) is 26.5. The Bertz CT molecular complexity index is 1290. The van der Waals surface area contributed by atoms with Crippen molar-refractivity contribution in [2.24, 2.45) is 0 Å². The van der Waals surface area contributed by atoms with E-state index < -0.39 is 5.82 Å². The van der Waals surface area contributed by atoms with Gasteiger partial charge in [-0.3, -0.25) is 4.79 Å². The molecule has 4 heterocycles. The normalized spacial score (nSPS) is 19.4. The van der Waals surface area contributed by atoms with Gasteiger partial charge >= 0.3 is 0 Å². The van der Waals surface area contributed by atoms with Gasteiger partial charge in [0.05, 0.1) is 23.9 Å². The van der Waals surface area contributed by atoms with E-state index in [1.807, 2.05) is 0 Å². The SMILES string of the molecule is C=CC(=O)N1CC[C@H](Oc2ccc3ncnc(Nc4ccc(OCC5CCCO5)c(Cl)c4F)c3n2)C1. The van der Waals surface area contributed by atoms with E-state index in [0.29, 0.717) is 55.5 Å². The molecule has 2 aromatic heterocycles. The van der Waals surface area contributed by atoms with Crippen LogP contribution in [-0.2, 0) is 9.53 Å². The van der Waals surface area contributed by atoms with Crippen LogP contribution < -0.4 is 14.8 Å². The number of hydrogen-bond acceptors (Lipinski definition) is 8. The Morgan fingerprint density at radius 1 is 1.31 bits per heavy atom. The zero-order chi connectivity index (χ0) is 25.1. The summed E-state index contributed by atoms with van der Waals surface area (Å²) < 4.78 is 32.3. The number of anilines is 2. The third-order valence-corrected chi connectivity index (χ3v) is 6.48. The first kappa shape index (κ1) is 24.2. The second-order valence-electron chi connectivity index (χ2n) is 8.57. The maximum atomic E-state index is 15.1. The first-order chi connectivity index (χ1) is 17.5. The van der Waals surface area contributed by atoms with E-state index in [1.54, 1.807) is 23.1 Å². The zero-order valence-corrected chi connectivity index (χ0v) is 20.2. The Balaban J connectivity index is 1.32. The molecule has 0 radical (unpaired) electrons. The molecule has 2 aliphatic heterocycles. The van der Waals surface area contributed by atoms with E-state index in [4.69, 9.17) is 25.8 Å². The van der Waals surface area contributed by atoms with Crippen LogP contribution in [0.5, 0.6) is 11.6 Å². The predicted octanol–water partition coefficient (Wildman–Crippen LogP) is 4.28. The van der Waals surface area contributed by atoms with E-state index in [0.717, 1.165) is 12.8 Å². The second kappa shape index (κ2) is 10.6. The topological polar surface area (TPSA) is 98.7 Å². The molecule has 1 aromatic carbocycles. The highest BCUT2D eigenvalue weighted by Gasteiger charge is 2.27. The van der Waals surface area contributed by atoms with Crippen molar-refractivity contribution in [3.05, 3.63) is 54.1 Å². The molecule has 0 saturated carbocycles. The van der Waals surface area contributed by atoms with Gasteiger partial charge in [-0.1, -0.05) is 18.2 Å². The number of aromatic nitrogens is 3. The van der Waals surface area contributed by atoms with Crippen LogP contribution in [0.1, 0.15) is 19.3 Å². The molecule has 188 valence electrons. The smallest absolute Gasteiger partial charge is 0.246 e. The van der Waals surface area contributed by atoms with Crippen LogP contribution in [-0.4, -0.2) is 64.3 Å². The van der Waals surface area contributed by atoms with Gasteiger partial charge in [-0.15, -0.1) is 0 Å². The average molecular weight is 514 g/mol. The summed E-state index contributed by atoms with van der Waals surface area (Å²) in [7, 11) is 0. The van der Waals surface area contributed by atoms with E-state index in [-0.39, 0.29) is 34.6 Å². The highest BCUT2D eigenvalue weighted by atomic mass is 35.5. The van der Waals surface area contributed by atoms with Gasteiger partial charge < -0.3 is 24.4 Å². The first-order valence-corrected chi connectivity index (χ1v) is 12.1. The molecule has 0 spiro atoms.